The van der Waals surface area contributed by atoms with E-state index in [1.165, 1.54) is 16.9 Å². The highest BCUT2D eigenvalue weighted by atomic mass is 32.2. The number of nitrogens with two attached hydrogens (primary N) is 1. The number of hydrogen-bond acceptors (Lipinski definition) is 4. The highest BCUT2D eigenvalue weighted by molar-refractivity contribution is 7.89. The summed E-state index contributed by atoms with van der Waals surface area (Å²) in [6, 6.07) is 8.23. The molecule has 0 radical (unpaired) electrons. The Morgan fingerprint density at radius 3 is 2.50 bits per heavy atom. The molecule has 106 valence electrons. The molecule has 0 unspecified atom stereocenters. The van der Waals surface area contributed by atoms with Crippen LogP contribution in [0.4, 0.5) is 0 Å². The molecule has 2 rings (SSSR count). The predicted octanol–water partition coefficient (Wildman–Crippen LogP) is 0.183. The molecule has 0 saturated heterocycles. The third-order valence-corrected chi connectivity index (χ3v) is 4.26. The molecule has 0 spiro atoms. The van der Waals surface area contributed by atoms with Gasteiger partial charge in [0.2, 0.25) is 0 Å². The largest absolute Gasteiger partial charge is 0.384 e. The summed E-state index contributed by atoms with van der Waals surface area (Å²) in [5.41, 5.74) is 6.73. The predicted molar refractivity (Wildman–Crippen MR) is 74.7 cm³/mol. The molecule has 0 atom stereocenters. The van der Waals surface area contributed by atoms with E-state index in [9.17, 15) is 8.42 Å². The van der Waals surface area contributed by atoms with Crippen LogP contribution >= 0.6 is 0 Å². The van der Waals surface area contributed by atoms with Crippen molar-refractivity contribution in [3.63, 3.8) is 0 Å². The van der Waals surface area contributed by atoms with Crippen molar-refractivity contribution in [2.24, 2.45) is 12.8 Å². The molecule has 7 nitrogen and oxygen atoms in total. The minimum absolute atomic E-state index is 0.0213. The van der Waals surface area contributed by atoms with E-state index in [0.717, 1.165) is 5.56 Å². The Morgan fingerprint density at radius 1 is 1.35 bits per heavy atom. The fourth-order valence-electron chi connectivity index (χ4n) is 1.68. The molecule has 0 aliphatic heterocycles. The van der Waals surface area contributed by atoms with Crippen LogP contribution in [0.5, 0.6) is 0 Å². The van der Waals surface area contributed by atoms with Crippen LogP contribution in [0.1, 0.15) is 11.1 Å². The lowest BCUT2D eigenvalue weighted by Gasteiger charge is -2.07. The molecule has 0 saturated carbocycles. The SMILES string of the molecule is Cn1nccc1S(=O)(=O)NCc1ccc(C(=N)N)cc1. The van der Waals surface area contributed by atoms with E-state index in [4.69, 9.17) is 11.1 Å². The summed E-state index contributed by atoms with van der Waals surface area (Å²) in [4.78, 5) is 0. The molecule has 20 heavy (non-hydrogen) atoms. The third kappa shape index (κ3) is 3.03. The number of benzene rings is 1. The quantitative estimate of drug-likeness (QED) is 0.539. The molecule has 0 aliphatic rings. The van der Waals surface area contributed by atoms with E-state index >= 15 is 0 Å². The second kappa shape index (κ2) is 5.43. The first-order valence-electron chi connectivity index (χ1n) is 5.81. The number of amidine groups is 1. The Balaban J connectivity index is 2.09. The van der Waals surface area contributed by atoms with E-state index in [2.05, 4.69) is 9.82 Å². The summed E-state index contributed by atoms with van der Waals surface area (Å²) in [5.74, 6) is -0.0213. The second-order valence-electron chi connectivity index (χ2n) is 4.23. The molecule has 0 aliphatic carbocycles. The molecule has 2 aromatic rings. The van der Waals surface area contributed by atoms with Crippen molar-refractivity contribution in [2.45, 2.75) is 11.6 Å². The maximum Gasteiger partial charge on any atom is 0.258 e. The van der Waals surface area contributed by atoms with E-state index in [1.807, 2.05) is 0 Å². The average molecular weight is 293 g/mol. The van der Waals surface area contributed by atoms with Crippen molar-refractivity contribution >= 4 is 15.9 Å². The normalized spacial score (nSPS) is 11.4. The van der Waals surface area contributed by atoms with Crippen molar-refractivity contribution in [3.05, 3.63) is 47.7 Å². The smallest absolute Gasteiger partial charge is 0.258 e. The lowest BCUT2D eigenvalue weighted by atomic mass is 10.1. The summed E-state index contributed by atoms with van der Waals surface area (Å²) in [7, 11) is -2.02. The van der Waals surface area contributed by atoms with Gasteiger partial charge in [0.15, 0.2) is 5.03 Å². The van der Waals surface area contributed by atoms with Crippen LogP contribution in [0.15, 0.2) is 41.6 Å². The van der Waals surface area contributed by atoms with Gasteiger partial charge in [-0.25, -0.2) is 13.1 Å². The Hall–Kier alpha value is -2.19. The standard InChI is InChI=1S/C12H15N5O2S/c1-17-11(6-7-15-17)20(18,19)16-8-9-2-4-10(5-3-9)12(13)14/h2-7,16H,8H2,1H3,(H3,13,14). The van der Waals surface area contributed by atoms with Crippen LogP contribution in [0.2, 0.25) is 0 Å². The monoisotopic (exact) mass is 293 g/mol. The van der Waals surface area contributed by atoms with Crippen molar-refractivity contribution in [1.29, 1.82) is 5.41 Å². The van der Waals surface area contributed by atoms with E-state index in [1.54, 1.807) is 31.3 Å². The second-order valence-corrected chi connectivity index (χ2v) is 5.94. The Bertz CT molecular complexity index is 719. The van der Waals surface area contributed by atoms with Gasteiger partial charge in [-0.2, -0.15) is 5.10 Å². The fraction of sp³-hybridized carbons (Fsp3) is 0.167. The number of rotatable bonds is 5. The molecule has 1 heterocycles. The highest BCUT2D eigenvalue weighted by Gasteiger charge is 2.17. The number of nitrogens with zero attached hydrogens (tertiary/aromatic N) is 2. The fourth-order valence-corrected chi connectivity index (χ4v) is 2.82. The summed E-state index contributed by atoms with van der Waals surface area (Å²) in [6.45, 7) is 0.158. The van der Waals surface area contributed by atoms with E-state index in [0.29, 0.717) is 5.56 Å². The Morgan fingerprint density at radius 2 is 2.00 bits per heavy atom. The van der Waals surface area contributed by atoms with Gasteiger partial charge < -0.3 is 5.73 Å². The van der Waals surface area contributed by atoms with Crippen LogP contribution < -0.4 is 10.5 Å². The molecule has 1 aromatic heterocycles. The highest BCUT2D eigenvalue weighted by Crippen LogP contribution is 2.08. The first-order chi connectivity index (χ1) is 9.40. The van der Waals surface area contributed by atoms with Crippen LogP contribution in [-0.4, -0.2) is 24.0 Å². The van der Waals surface area contributed by atoms with Crippen molar-refractivity contribution in [1.82, 2.24) is 14.5 Å². The minimum atomic E-state index is -3.59. The molecule has 0 amide bonds. The molecule has 8 heteroatoms. The summed E-state index contributed by atoms with van der Waals surface area (Å²) < 4.78 is 27.9. The topological polar surface area (TPSA) is 114 Å². The molecule has 1 aromatic carbocycles. The first kappa shape index (κ1) is 14.2. The lowest BCUT2D eigenvalue weighted by molar-refractivity contribution is 0.563. The van der Waals surface area contributed by atoms with Gasteiger partial charge >= 0.3 is 0 Å². The number of aryl methyl sites for hydroxylation is 1. The van der Waals surface area contributed by atoms with Gasteiger partial charge in [-0.05, 0) is 11.6 Å². The summed E-state index contributed by atoms with van der Waals surface area (Å²) in [5, 5.41) is 11.2. The van der Waals surface area contributed by atoms with Gasteiger partial charge in [-0.3, -0.25) is 10.1 Å². The zero-order chi connectivity index (χ0) is 14.8. The van der Waals surface area contributed by atoms with Crippen molar-refractivity contribution in [2.75, 3.05) is 0 Å². The van der Waals surface area contributed by atoms with Gasteiger partial charge in [-0.15, -0.1) is 0 Å². The number of hydrogen-bond donors (Lipinski definition) is 3. The number of sulfonamides is 1. The van der Waals surface area contributed by atoms with Crippen LogP contribution in [0.3, 0.4) is 0 Å². The van der Waals surface area contributed by atoms with Gasteiger partial charge in [0.1, 0.15) is 5.84 Å². The maximum absolute atomic E-state index is 12.0. The summed E-state index contributed by atoms with van der Waals surface area (Å²) >= 11 is 0. The van der Waals surface area contributed by atoms with E-state index < -0.39 is 10.0 Å². The third-order valence-electron chi connectivity index (χ3n) is 2.78. The van der Waals surface area contributed by atoms with Crippen molar-refractivity contribution in [3.8, 4) is 0 Å². The Kier molecular flexibility index (Phi) is 3.86. The van der Waals surface area contributed by atoms with Gasteiger partial charge in [0, 0.05) is 19.2 Å². The van der Waals surface area contributed by atoms with Crippen molar-refractivity contribution < 1.29 is 8.42 Å². The zero-order valence-electron chi connectivity index (χ0n) is 10.9. The lowest BCUT2D eigenvalue weighted by Crippen LogP contribution is -2.25. The van der Waals surface area contributed by atoms with Gasteiger partial charge in [0.25, 0.3) is 10.0 Å². The van der Waals surface area contributed by atoms with Gasteiger partial charge in [0.05, 0.1) is 6.20 Å². The number of aromatic nitrogens is 2. The molecular weight excluding hydrogens is 278 g/mol. The molecular formula is C12H15N5O2S. The van der Waals surface area contributed by atoms with Crippen LogP contribution in [-0.2, 0) is 23.6 Å². The van der Waals surface area contributed by atoms with Crippen LogP contribution in [0.25, 0.3) is 0 Å². The van der Waals surface area contributed by atoms with E-state index in [-0.39, 0.29) is 17.4 Å². The minimum Gasteiger partial charge on any atom is -0.384 e. The first-order valence-corrected chi connectivity index (χ1v) is 7.29. The summed E-state index contributed by atoms with van der Waals surface area (Å²) in [6.07, 6.45) is 1.43. The molecule has 0 bridgehead atoms. The van der Waals surface area contributed by atoms with Crippen LogP contribution in [0, 0.1) is 5.41 Å². The zero-order valence-corrected chi connectivity index (χ0v) is 11.7. The Labute approximate surface area is 117 Å². The molecule has 4 N–H and O–H groups in total. The number of nitrogens with one attached hydrogen (secondary N) is 2. The number of nitrogen functional groups attached to an aromatic ring is 1. The average Bonchev–Trinajstić information content (AvgIpc) is 2.84. The molecule has 0 fully saturated rings. The maximum atomic E-state index is 12.0. The van der Waals surface area contributed by atoms with Gasteiger partial charge in [-0.1, -0.05) is 24.3 Å².